The number of esters is 1. The molecule has 152 valence electrons. The highest BCUT2D eigenvalue weighted by molar-refractivity contribution is 6.39. The number of halogens is 2. The van der Waals surface area contributed by atoms with Gasteiger partial charge in [0.15, 0.2) is 6.61 Å². The molecule has 1 fully saturated rings. The summed E-state index contributed by atoms with van der Waals surface area (Å²) < 4.78 is 5.09. The lowest BCUT2D eigenvalue weighted by atomic mass is 10.1. The fraction of sp³-hybridized carbons (Fsp3) is 0.286. The van der Waals surface area contributed by atoms with E-state index in [1.54, 1.807) is 23.1 Å². The minimum atomic E-state index is -0.620. The number of para-hydroxylation sites is 1. The fourth-order valence-electron chi connectivity index (χ4n) is 3.07. The van der Waals surface area contributed by atoms with Gasteiger partial charge in [-0.3, -0.25) is 14.4 Å². The quantitative estimate of drug-likeness (QED) is 0.694. The second kappa shape index (κ2) is 9.29. The zero-order valence-electron chi connectivity index (χ0n) is 15.8. The van der Waals surface area contributed by atoms with Crippen LogP contribution in [0, 0.1) is 5.92 Å². The molecule has 29 heavy (non-hydrogen) atoms. The fourth-order valence-corrected chi connectivity index (χ4v) is 3.57. The van der Waals surface area contributed by atoms with Crippen molar-refractivity contribution in [2.24, 2.45) is 5.92 Å². The second-order valence-electron chi connectivity index (χ2n) is 6.68. The number of aryl methyl sites for hydroxylation is 1. The van der Waals surface area contributed by atoms with Crippen LogP contribution in [0.4, 0.5) is 11.4 Å². The molecule has 1 atom stereocenters. The number of carbonyl (C=O) groups excluding carboxylic acids is 3. The Bertz CT molecular complexity index is 911. The first-order valence-corrected chi connectivity index (χ1v) is 9.94. The predicted molar refractivity (Wildman–Crippen MR) is 112 cm³/mol. The Labute approximate surface area is 178 Å². The third-order valence-corrected chi connectivity index (χ3v) is 5.32. The molecule has 1 aliphatic heterocycles. The van der Waals surface area contributed by atoms with Gasteiger partial charge in [-0.25, -0.2) is 0 Å². The van der Waals surface area contributed by atoms with E-state index in [4.69, 9.17) is 27.9 Å². The van der Waals surface area contributed by atoms with E-state index >= 15 is 0 Å². The largest absolute Gasteiger partial charge is 0.455 e. The summed E-state index contributed by atoms with van der Waals surface area (Å²) in [6.07, 6.45) is 0.955. The van der Waals surface area contributed by atoms with Gasteiger partial charge in [-0.1, -0.05) is 48.3 Å². The van der Waals surface area contributed by atoms with Gasteiger partial charge >= 0.3 is 5.97 Å². The van der Waals surface area contributed by atoms with Crippen LogP contribution in [0.25, 0.3) is 0 Å². The van der Waals surface area contributed by atoms with Crippen molar-refractivity contribution >= 4 is 52.4 Å². The van der Waals surface area contributed by atoms with Crippen LogP contribution < -0.4 is 10.2 Å². The van der Waals surface area contributed by atoms with Crippen LogP contribution in [0.1, 0.15) is 18.9 Å². The monoisotopic (exact) mass is 434 g/mol. The molecule has 1 heterocycles. The number of nitrogens with one attached hydrogen (secondary N) is 1. The zero-order valence-corrected chi connectivity index (χ0v) is 17.3. The van der Waals surface area contributed by atoms with Gasteiger partial charge in [0.25, 0.3) is 5.91 Å². The Morgan fingerprint density at radius 2 is 1.79 bits per heavy atom. The summed E-state index contributed by atoms with van der Waals surface area (Å²) in [6, 6.07) is 12.5. The topological polar surface area (TPSA) is 75.7 Å². The van der Waals surface area contributed by atoms with Crippen LogP contribution in [0.15, 0.2) is 42.5 Å². The lowest BCUT2D eigenvalue weighted by Gasteiger charge is -2.17. The maximum atomic E-state index is 12.3. The highest BCUT2D eigenvalue weighted by Gasteiger charge is 2.36. The first-order valence-electron chi connectivity index (χ1n) is 9.18. The SMILES string of the molecule is CCc1ccc(N2CC(C(=O)OCC(=O)Nc3c(Cl)cccc3Cl)CC2=O)cc1. The van der Waals surface area contributed by atoms with Gasteiger partial charge in [0.1, 0.15) is 0 Å². The maximum Gasteiger partial charge on any atom is 0.311 e. The number of ether oxygens (including phenoxy) is 1. The number of amides is 2. The molecule has 0 saturated carbocycles. The van der Waals surface area contributed by atoms with Gasteiger partial charge in [0, 0.05) is 18.7 Å². The van der Waals surface area contributed by atoms with Crippen LogP contribution in [-0.4, -0.2) is 30.9 Å². The van der Waals surface area contributed by atoms with Crippen molar-refractivity contribution < 1.29 is 19.1 Å². The summed E-state index contributed by atoms with van der Waals surface area (Å²) in [7, 11) is 0. The highest BCUT2D eigenvalue weighted by atomic mass is 35.5. The number of rotatable bonds is 6. The van der Waals surface area contributed by atoms with Crippen molar-refractivity contribution in [1.29, 1.82) is 0 Å². The maximum absolute atomic E-state index is 12.3. The molecule has 6 nitrogen and oxygen atoms in total. The average Bonchev–Trinajstić information content (AvgIpc) is 3.11. The van der Waals surface area contributed by atoms with E-state index in [-0.39, 0.29) is 34.6 Å². The molecule has 1 aliphatic rings. The second-order valence-corrected chi connectivity index (χ2v) is 7.49. The minimum Gasteiger partial charge on any atom is -0.455 e. The van der Waals surface area contributed by atoms with Crippen molar-refractivity contribution in [1.82, 2.24) is 0 Å². The van der Waals surface area contributed by atoms with Crippen molar-refractivity contribution in [3.05, 3.63) is 58.1 Å². The molecular formula is C21H20Cl2N2O4. The van der Waals surface area contributed by atoms with Crippen LogP contribution in [-0.2, 0) is 25.5 Å². The molecule has 3 rings (SSSR count). The number of hydrogen-bond acceptors (Lipinski definition) is 4. The Hall–Kier alpha value is -2.57. The van der Waals surface area contributed by atoms with E-state index < -0.39 is 24.4 Å². The molecule has 0 aromatic heterocycles. The predicted octanol–water partition coefficient (Wildman–Crippen LogP) is 4.09. The lowest BCUT2D eigenvalue weighted by Crippen LogP contribution is -2.28. The highest BCUT2D eigenvalue weighted by Crippen LogP contribution is 2.30. The standard InChI is InChI=1S/C21H20Cl2N2O4/c1-2-13-6-8-15(9-7-13)25-11-14(10-19(25)27)21(28)29-12-18(26)24-20-16(22)4-3-5-17(20)23/h3-9,14H,2,10-12H2,1H3,(H,24,26). The van der Waals surface area contributed by atoms with Gasteiger partial charge in [0.2, 0.25) is 5.91 Å². The van der Waals surface area contributed by atoms with Crippen molar-refractivity contribution in [2.45, 2.75) is 19.8 Å². The first-order chi connectivity index (χ1) is 13.9. The number of benzene rings is 2. The Morgan fingerprint density at radius 1 is 1.14 bits per heavy atom. The molecule has 1 saturated heterocycles. The molecule has 2 amide bonds. The molecule has 0 bridgehead atoms. The van der Waals surface area contributed by atoms with Crippen molar-refractivity contribution in [2.75, 3.05) is 23.4 Å². The molecule has 1 N–H and O–H groups in total. The molecule has 8 heteroatoms. The minimum absolute atomic E-state index is 0.0479. The Balaban J connectivity index is 1.54. The number of carbonyl (C=O) groups is 3. The molecule has 1 unspecified atom stereocenters. The first kappa shape index (κ1) is 21.1. The summed E-state index contributed by atoms with van der Waals surface area (Å²) >= 11 is 12.0. The van der Waals surface area contributed by atoms with Gasteiger partial charge in [-0.05, 0) is 36.2 Å². The summed E-state index contributed by atoms with van der Waals surface area (Å²) in [5, 5.41) is 3.08. The molecule has 0 spiro atoms. The van der Waals surface area contributed by atoms with Gasteiger partial charge < -0.3 is 15.0 Å². The zero-order chi connectivity index (χ0) is 21.0. The van der Waals surface area contributed by atoms with Gasteiger partial charge in [-0.2, -0.15) is 0 Å². The molecule has 0 aliphatic carbocycles. The molecule has 2 aromatic rings. The van der Waals surface area contributed by atoms with E-state index in [9.17, 15) is 14.4 Å². The Morgan fingerprint density at radius 3 is 2.41 bits per heavy atom. The van der Waals surface area contributed by atoms with E-state index in [1.807, 2.05) is 24.3 Å². The number of anilines is 2. The third kappa shape index (κ3) is 5.08. The number of nitrogens with zero attached hydrogens (tertiary/aromatic N) is 1. The van der Waals surface area contributed by atoms with Gasteiger partial charge in [-0.15, -0.1) is 0 Å². The van der Waals surface area contributed by atoms with Crippen molar-refractivity contribution in [3.8, 4) is 0 Å². The Kier molecular flexibility index (Phi) is 6.77. The van der Waals surface area contributed by atoms with E-state index in [0.717, 1.165) is 12.1 Å². The van der Waals surface area contributed by atoms with Crippen LogP contribution >= 0.6 is 23.2 Å². The smallest absolute Gasteiger partial charge is 0.311 e. The molecule has 2 aromatic carbocycles. The van der Waals surface area contributed by atoms with Crippen molar-refractivity contribution in [3.63, 3.8) is 0 Å². The lowest BCUT2D eigenvalue weighted by molar-refractivity contribution is -0.151. The third-order valence-electron chi connectivity index (χ3n) is 4.69. The van der Waals surface area contributed by atoms with Crippen LogP contribution in [0.3, 0.4) is 0 Å². The number of hydrogen-bond donors (Lipinski definition) is 1. The van der Waals surface area contributed by atoms with E-state index in [1.165, 1.54) is 5.56 Å². The summed E-state index contributed by atoms with van der Waals surface area (Å²) in [6.45, 7) is 1.79. The summed E-state index contributed by atoms with van der Waals surface area (Å²) in [5.41, 5.74) is 2.17. The summed E-state index contributed by atoms with van der Waals surface area (Å²) in [5.74, 6) is -1.93. The summed E-state index contributed by atoms with van der Waals surface area (Å²) in [4.78, 5) is 38.3. The van der Waals surface area contributed by atoms with Crippen LogP contribution in [0.5, 0.6) is 0 Å². The average molecular weight is 435 g/mol. The van der Waals surface area contributed by atoms with E-state index in [2.05, 4.69) is 12.2 Å². The van der Waals surface area contributed by atoms with E-state index in [0.29, 0.717) is 0 Å². The van der Waals surface area contributed by atoms with Gasteiger partial charge in [0.05, 0.1) is 21.7 Å². The van der Waals surface area contributed by atoms with Crippen LogP contribution in [0.2, 0.25) is 10.0 Å². The molecule has 0 radical (unpaired) electrons. The molecular weight excluding hydrogens is 415 g/mol. The normalized spacial score (nSPS) is 16.0.